The van der Waals surface area contributed by atoms with Gasteiger partial charge in [0.05, 0.1) is 0 Å². The van der Waals surface area contributed by atoms with Crippen LogP contribution in [0.5, 0.6) is 0 Å². The molecule has 1 aliphatic heterocycles. The van der Waals surface area contributed by atoms with Crippen molar-refractivity contribution in [1.29, 1.82) is 0 Å². The molecule has 0 aromatic carbocycles. The van der Waals surface area contributed by atoms with Crippen molar-refractivity contribution >= 4 is 12.0 Å². The lowest BCUT2D eigenvalue weighted by Gasteiger charge is -2.21. The van der Waals surface area contributed by atoms with Gasteiger partial charge >= 0.3 is 12.0 Å². The Morgan fingerprint density at radius 2 is 2.12 bits per heavy atom. The summed E-state index contributed by atoms with van der Waals surface area (Å²) >= 11 is 0. The summed E-state index contributed by atoms with van der Waals surface area (Å²) in [4.78, 5) is 26.0. The predicted molar refractivity (Wildman–Crippen MR) is 59.3 cm³/mol. The molecule has 1 rings (SSSR count). The van der Waals surface area contributed by atoms with Gasteiger partial charge in [-0.15, -0.1) is 0 Å². The van der Waals surface area contributed by atoms with E-state index in [0.29, 0.717) is 19.1 Å². The standard InChI is InChI=1S/C10H19N3O3/c1-7(9(14)15)11-10(16)13-5-4-8(6-13)12(2)3/h7-8H,4-6H2,1-3H3,(H,11,16)(H,14,15). The Balaban J connectivity index is 2.42. The Morgan fingerprint density at radius 3 is 2.56 bits per heavy atom. The first-order chi connectivity index (χ1) is 7.41. The summed E-state index contributed by atoms with van der Waals surface area (Å²) in [6.45, 7) is 2.80. The Bertz CT molecular complexity index is 280. The second-order valence-electron chi connectivity index (χ2n) is 4.36. The summed E-state index contributed by atoms with van der Waals surface area (Å²) < 4.78 is 0. The summed E-state index contributed by atoms with van der Waals surface area (Å²) in [5.74, 6) is -1.02. The summed E-state index contributed by atoms with van der Waals surface area (Å²) in [6, 6.07) is -0.768. The highest BCUT2D eigenvalue weighted by atomic mass is 16.4. The molecule has 0 bridgehead atoms. The van der Waals surface area contributed by atoms with Crippen LogP contribution in [0.3, 0.4) is 0 Å². The maximum absolute atomic E-state index is 11.7. The fourth-order valence-corrected chi connectivity index (χ4v) is 1.69. The van der Waals surface area contributed by atoms with Gasteiger partial charge in [-0.1, -0.05) is 0 Å². The number of likely N-dealkylation sites (N-methyl/N-ethyl adjacent to an activating group) is 1. The molecule has 0 radical (unpaired) electrons. The van der Waals surface area contributed by atoms with Gasteiger partial charge in [0.25, 0.3) is 0 Å². The first-order valence-electron chi connectivity index (χ1n) is 5.36. The van der Waals surface area contributed by atoms with E-state index in [1.54, 1.807) is 4.90 Å². The van der Waals surface area contributed by atoms with Gasteiger partial charge in [0.2, 0.25) is 0 Å². The van der Waals surface area contributed by atoms with E-state index in [9.17, 15) is 9.59 Å². The zero-order valence-corrected chi connectivity index (χ0v) is 9.93. The molecule has 0 aromatic heterocycles. The van der Waals surface area contributed by atoms with Gasteiger partial charge in [0, 0.05) is 19.1 Å². The van der Waals surface area contributed by atoms with E-state index in [4.69, 9.17) is 5.11 Å². The summed E-state index contributed by atoms with van der Waals surface area (Å²) in [6.07, 6.45) is 0.932. The highest BCUT2D eigenvalue weighted by Gasteiger charge is 2.28. The molecule has 2 amide bonds. The molecule has 6 heteroatoms. The number of carboxylic acids is 1. The molecular weight excluding hydrogens is 210 g/mol. The number of hydrogen-bond donors (Lipinski definition) is 2. The van der Waals surface area contributed by atoms with Crippen LogP contribution in [-0.2, 0) is 4.79 Å². The van der Waals surface area contributed by atoms with E-state index in [0.717, 1.165) is 6.42 Å². The van der Waals surface area contributed by atoms with E-state index in [1.165, 1.54) is 6.92 Å². The van der Waals surface area contributed by atoms with Gasteiger partial charge in [-0.3, -0.25) is 4.79 Å². The molecule has 2 N–H and O–H groups in total. The Kier molecular flexibility index (Phi) is 4.12. The zero-order valence-electron chi connectivity index (χ0n) is 9.93. The lowest BCUT2D eigenvalue weighted by Crippen LogP contribution is -2.46. The number of carbonyl (C=O) groups excluding carboxylic acids is 1. The smallest absolute Gasteiger partial charge is 0.325 e. The number of aliphatic carboxylic acids is 1. The molecule has 0 spiro atoms. The monoisotopic (exact) mass is 229 g/mol. The number of nitrogens with one attached hydrogen (secondary N) is 1. The van der Waals surface area contributed by atoms with Crippen molar-refractivity contribution in [3.63, 3.8) is 0 Å². The summed E-state index contributed by atoms with van der Waals surface area (Å²) in [5, 5.41) is 11.1. The van der Waals surface area contributed by atoms with E-state index >= 15 is 0 Å². The lowest BCUT2D eigenvalue weighted by atomic mass is 10.2. The molecule has 0 saturated carbocycles. The van der Waals surface area contributed by atoms with Crippen LogP contribution < -0.4 is 5.32 Å². The maximum Gasteiger partial charge on any atom is 0.325 e. The fourth-order valence-electron chi connectivity index (χ4n) is 1.69. The number of carbonyl (C=O) groups is 2. The molecule has 1 heterocycles. The zero-order chi connectivity index (χ0) is 12.3. The van der Waals surface area contributed by atoms with Crippen molar-refractivity contribution < 1.29 is 14.7 Å². The number of hydrogen-bond acceptors (Lipinski definition) is 3. The van der Waals surface area contributed by atoms with Gasteiger partial charge in [0.1, 0.15) is 6.04 Å². The lowest BCUT2D eigenvalue weighted by molar-refractivity contribution is -0.138. The molecule has 0 aliphatic carbocycles. The highest BCUT2D eigenvalue weighted by molar-refractivity contribution is 5.82. The molecule has 1 fully saturated rings. The number of urea groups is 1. The maximum atomic E-state index is 11.7. The minimum absolute atomic E-state index is 0.292. The first-order valence-corrected chi connectivity index (χ1v) is 5.36. The van der Waals surface area contributed by atoms with Crippen LogP contribution in [0.25, 0.3) is 0 Å². The van der Waals surface area contributed by atoms with E-state index in [1.807, 2.05) is 14.1 Å². The van der Waals surface area contributed by atoms with Gasteiger partial charge in [-0.2, -0.15) is 0 Å². The third kappa shape index (κ3) is 3.10. The van der Waals surface area contributed by atoms with Crippen molar-refractivity contribution in [2.24, 2.45) is 0 Å². The largest absolute Gasteiger partial charge is 0.480 e. The third-order valence-corrected chi connectivity index (χ3v) is 2.89. The van der Waals surface area contributed by atoms with Gasteiger partial charge in [-0.25, -0.2) is 4.79 Å². The third-order valence-electron chi connectivity index (χ3n) is 2.89. The van der Waals surface area contributed by atoms with Gasteiger partial charge in [0.15, 0.2) is 0 Å². The number of nitrogens with zero attached hydrogens (tertiary/aromatic N) is 2. The topological polar surface area (TPSA) is 72.9 Å². The van der Waals surface area contributed by atoms with Crippen LogP contribution in [0.4, 0.5) is 4.79 Å². The quantitative estimate of drug-likeness (QED) is 0.703. The first kappa shape index (κ1) is 12.8. The number of rotatable bonds is 3. The van der Waals surface area contributed by atoms with Crippen molar-refractivity contribution in [2.75, 3.05) is 27.2 Å². The average Bonchev–Trinajstić information content (AvgIpc) is 2.65. The molecule has 1 aliphatic rings. The van der Waals surface area contributed by atoms with Crippen LogP contribution in [0, 0.1) is 0 Å². The molecule has 2 atom stereocenters. The second-order valence-corrected chi connectivity index (χ2v) is 4.36. The Labute approximate surface area is 95.2 Å². The van der Waals surface area contributed by atoms with Crippen LogP contribution in [0.2, 0.25) is 0 Å². The number of carboxylic acid groups (broad SMARTS) is 1. The highest BCUT2D eigenvalue weighted by Crippen LogP contribution is 2.12. The van der Waals surface area contributed by atoms with E-state index < -0.39 is 12.0 Å². The van der Waals surface area contributed by atoms with Crippen LogP contribution in [-0.4, -0.2) is 66.2 Å². The van der Waals surface area contributed by atoms with Crippen molar-refractivity contribution in [2.45, 2.75) is 25.4 Å². The molecule has 0 aromatic rings. The van der Waals surface area contributed by atoms with E-state index in [2.05, 4.69) is 10.2 Å². The molecule has 6 nitrogen and oxygen atoms in total. The molecule has 16 heavy (non-hydrogen) atoms. The van der Waals surface area contributed by atoms with Crippen molar-refractivity contribution in [3.05, 3.63) is 0 Å². The van der Waals surface area contributed by atoms with Gasteiger partial charge < -0.3 is 20.2 Å². The van der Waals surface area contributed by atoms with Crippen LogP contribution in [0.1, 0.15) is 13.3 Å². The molecule has 92 valence electrons. The van der Waals surface area contributed by atoms with Crippen molar-refractivity contribution in [1.82, 2.24) is 15.1 Å². The van der Waals surface area contributed by atoms with E-state index in [-0.39, 0.29) is 6.03 Å². The second kappa shape index (κ2) is 5.16. The van der Waals surface area contributed by atoms with Crippen LogP contribution in [0.15, 0.2) is 0 Å². The summed E-state index contributed by atoms with van der Waals surface area (Å²) in [7, 11) is 3.96. The minimum atomic E-state index is -1.02. The number of likely N-dealkylation sites (tertiary alicyclic amines) is 1. The Morgan fingerprint density at radius 1 is 1.50 bits per heavy atom. The average molecular weight is 229 g/mol. The molecule has 1 saturated heterocycles. The van der Waals surface area contributed by atoms with Crippen LogP contribution >= 0.6 is 0 Å². The van der Waals surface area contributed by atoms with Crippen molar-refractivity contribution in [3.8, 4) is 0 Å². The molecular formula is C10H19N3O3. The SMILES string of the molecule is CC(NC(=O)N1CCC(N(C)C)C1)C(=O)O. The van der Waals surface area contributed by atoms with Gasteiger partial charge in [-0.05, 0) is 27.4 Å². The normalized spacial score (nSPS) is 22.2. The minimum Gasteiger partial charge on any atom is -0.480 e. The summed E-state index contributed by atoms with van der Waals surface area (Å²) in [5.41, 5.74) is 0. The molecule has 2 unspecified atom stereocenters. The predicted octanol–water partition coefficient (Wildman–Crippen LogP) is -0.195. The Hall–Kier alpha value is -1.30. The number of amides is 2. The fraction of sp³-hybridized carbons (Fsp3) is 0.800.